The average molecular weight is 719 g/mol. The zero-order valence-electron chi connectivity index (χ0n) is 32.0. The van der Waals surface area contributed by atoms with Gasteiger partial charge < -0.3 is 40.2 Å². The van der Waals surface area contributed by atoms with Crippen LogP contribution in [-0.4, -0.2) is 76.7 Å². The Labute approximate surface area is 301 Å². The molecule has 0 rings (SSSR count). The van der Waals surface area contributed by atoms with Crippen LogP contribution in [0.4, 0.5) is 23.6 Å². The van der Waals surface area contributed by atoms with Gasteiger partial charge in [-0.25, -0.2) is 23.6 Å². The fourth-order valence-electron chi connectivity index (χ4n) is 5.30. The number of rotatable bonds is 31. The lowest BCUT2D eigenvalue weighted by Gasteiger charge is -2.28. The lowest BCUT2D eigenvalue weighted by Crippen LogP contribution is -2.36. The molecule has 0 aromatic heterocycles. The fourth-order valence-corrected chi connectivity index (χ4v) is 5.30. The molecule has 2 atom stereocenters. The molecule has 4 amide bonds. The van der Waals surface area contributed by atoms with Crippen LogP contribution in [0.3, 0.4) is 0 Å². The van der Waals surface area contributed by atoms with Gasteiger partial charge in [0.05, 0.1) is 19.8 Å². The minimum absolute atomic E-state index is 0.125. The number of alkyl halides is 1. The van der Waals surface area contributed by atoms with Gasteiger partial charge in [-0.15, -0.1) is 0 Å². The topological polar surface area (TPSA) is 153 Å². The largest absolute Gasteiger partial charge is 0.450 e. The summed E-state index contributed by atoms with van der Waals surface area (Å²) in [5, 5.41) is 11.0. The van der Waals surface area contributed by atoms with Crippen molar-refractivity contribution in [2.45, 2.75) is 157 Å². The second-order valence-corrected chi connectivity index (χ2v) is 14.0. The molecular formula is C37H71FN4O8. The molecule has 0 aliphatic rings. The zero-order valence-corrected chi connectivity index (χ0v) is 32.0. The maximum Gasteiger partial charge on any atom is 0.409 e. The summed E-state index contributed by atoms with van der Waals surface area (Å²) in [7, 11) is 0. The summed E-state index contributed by atoms with van der Waals surface area (Å²) in [6.07, 6.45) is 11.9. The maximum absolute atomic E-state index is 13.7. The van der Waals surface area contributed by atoms with Crippen LogP contribution in [-0.2, 0) is 18.9 Å². The molecule has 0 bridgehead atoms. The van der Waals surface area contributed by atoms with Gasteiger partial charge >= 0.3 is 24.4 Å². The highest BCUT2D eigenvalue weighted by Crippen LogP contribution is 2.26. The molecule has 0 spiro atoms. The van der Waals surface area contributed by atoms with E-state index in [-0.39, 0.29) is 17.9 Å². The Morgan fingerprint density at radius 1 is 0.560 bits per heavy atom. The Bertz CT molecular complexity index is 880. The number of alkyl carbamates (subject to hydrolysis) is 4. The van der Waals surface area contributed by atoms with Crippen LogP contribution in [0.25, 0.3) is 0 Å². The lowest BCUT2D eigenvalue weighted by atomic mass is 9.82. The van der Waals surface area contributed by atoms with Gasteiger partial charge in [-0.3, -0.25) is 0 Å². The van der Waals surface area contributed by atoms with E-state index in [1.807, 2.05) is 6.92 Å². The van der Waals surface area contributed by atoms with Crippen molar-refractivity contribution >= 4 is 24.4 Å². The molecule has 2 unspecified atom stereocenters. The molecule has 4 N–H and O–H groups in total. The number of hydrogen-bond donors (Lipinski definition) is 4. The quantitative estimate of drug-likeness (QED) is 0.0410. The number of carbonyl (C=O) groups excluding carboxylic acids is 4. The molecule has 0 aromatic carbocycles. The normalized spacial score (nSPS) is 12.4. The first-order chi connectivity index (χ1) is 24.0. The molecule has 0 fully saturated rings. The van der Waals surface area contributed by atoms with Gasteiger partial charge in [0.25, 0.3) is 0 Å². The summed E-state index contributed by atoms with van der Waals surface area (Å²) in [4.78, 5) is 47.1. The Hall–Kier alpha value is -2.99. The van der Waals surface area contributed by atoms with Gasteiger partial charge in [-0.1, -0.05) is 92.4 Å². The van der Waals surface area contributed by atoms with Crippen molar-refractivity contribution in [3.8, 4) is 0 Å². The highest BCUT2D eigenvalue weighted by atomic mass is 19.1. The first-order valence-electron chi connectivity index (χ1n) is 19.3. The van der Waals surface area contributed by atoms with Crippen LogP contribution < -0.4 is 21.3 Å². The Morgan fingerprint density at radius 2 is 0.980 bits per heavy atom. The van der Waals surface area contributed by atoms with E-state index in [4.69, 9.17) is 14.2 Å². The molecule has 0 radical (unpaired) electrons. The second-order valence-electron chi connectivity index (χ2n) is 14.0. The monoisotopic (exact) mass is 719 g/mol. The van der Waals surface area contributed by atoms with Crippen molar-refractivity contribution < 1.29 is 42.5 Å². The standard InChI is InChI=1S/C37H71FN4O8/c1-6-8-23-39-33(43)47-26-18-14-10-11-15-19-28-49-35(45)42-30-37(4,5)29-31(3)22-25-41-34(44)48-27-20-16-12-13-17-21-32(38)50-36(46)40-24-9-7-2/h31-32H,6-30H2,1-5H3,(H,39,43)(H,40,46)(H,41,44)(H,42,45). The molecule has 0 aromatic rings. The van der Waals surface area contributed by atoms with E-state index in [0.717, 1.165) is 103 Å². The van der Waals surface area contributed by atoms with Gasteiger partial charge in [0, 0.05) is 32.6 Å². The smallest absolute Gasteiger partial charge is 0.409 e. The molecule has 0 aliphatic carbocycles. The van der Waals surface area contributed by atoms with Crippen LogP contribution >= 0.6 is 0 Å². The summed E-state index contributed by atoms with van der Waals surface area (Å²) in [6, 6.07) is 0. The van der Waals surface area contributed by atoms with Gasteiger partial charge in [0.2, 0.25) is 6.36 Å². The summed E-state index contributed by atoms with van der Waals surface area (Å²) in [5.41, 5.74) is -0.125. The van der Waals surface area contributed by atoms with Crippen LogP contribution in [0.5, 0.6) is 0 Å². The fraction of sp³-hybridized carbons (Fsp3) is 0.892. The van der Waals surface area contributed by atoms with Crippen LogP contribution in [0, 0.1) is 11.3 Å². The van der Waals surface area contributed by atoms with Crippen LogP contribution in [0.1, 0.15) is 150 Å². The third-order valence-corrected chi connectivity index (χ3v) is 8.17. The number of amides is 4. The number of halogens is 1. The van der Waals surface area contributed by atoms with Gasteiger partial charge in [-0.2, -0.15) is 0 Å². The second kappa shape index (κ2) is 32.0. The SMILES string of the molecule is CCCCNC(=O)OCCCCCCCCOC(=O)NCC(C)(C)CC(C)CCNC(=O)OCCCCCCCC(F)OC(=O)NCCCC. The van der Waals surface area contributed by atoms with Crippen molar-refractivity contribution in [3.05, 3.63) is 0 Å². The van der Waals surface area contributed by atoms with E-state index in [0.29, 0.717) is 58.3 Å². The van der Waals surface area contributed by atoms with Gasteiger partial charge in [0.15, 0.2) is 0 Å². The molecule has 294 valence electrons. The van der Waals surface area contributed by atoms with E-state index >= 15 is 0 Å². The summed E-state index contributed by atoms with van der Waals surface area (Å²) < 4.78 is 34.2. The number of nitrogens with one attached hydrogen (secondary N) is 4. The van der Waals surface area contributed by atoms with E-state index in [9.17, 15) is 23.6 Å². The highest BCUT2D eigenvalue weighted by Gasteiger charge is 2.22. The van der Waals surface area contributed by atoms with Crippen molar-refractivity contribution in [2.75, 3.05) is 46.0 Å². The van der Waals surface area contributed by atoms with E-state index in [2.05, 4.69) is 53.7 Å². The number of carbonyl (C=O) groups is 4. The predicted molar refractivity (Wildman–Crippen MR) is 195 cm³/mol. The summed E-state index contributed by atoms with van der Waals surface area (Å²) in [5.74, 6) is 0.336. The molecule has 13 heteroatoms. The van der Waals surface area contributed by atoms with Gasteiger partial charge in [-0.05, 0) is 62.7 Å². The molecule has 0 saturated carbocycles. The van der Waals surface area contributed by atoms with Crippen molar-refractivity contribution in [1.29, 1.82) is 0 Å². The lowest BCUT2D eigenvalue weighted by molar-refractivity contribution is 0.00694. The van der Waals surface area contributed by atoms with Gasteiger partial charge in [0.1, 0.15) is 0 Å². The maximum atomic E-state index is 13.7. The molecule has 12 nitrogen and oxygen atoms in total. The van der Waals surface area contributed by atoms with E-state index in [1.165, 1.54) is 0 Å². The molecule has 0 saturated heterocycles. The molecule has 0 aliphatic heterocycles. The zero-order chi connectivity index (χ0) is 37.3. The van der Waals surface area contributed by atoms with Crippen LogP contribution in [0.2, 0.25) is 0 Å². The van der Waals surface area contributed by atoms with E-state index < -0.39 is 24.6 Å². The van der Waals surface area contributed by atoms with Crippen molar-refractivity contribution in [2.24, 2.45) is 11.3 Å². The summed E-state index contributed by atoms with van der Waals surface area (Å²) >= 11 is 0. The summed E-state index contributed by atoms with van der Waals surface area (Å²) in [6.45, 7) is 13.8. The average Bonchev–Trinajstić information content (AvgIpc) is 3.05. The van der Waals surface area contributed by atoms with Crippen molar-refractivity contribution in [1.82, 2.24) is 21.3 Å². The highest BCUT2D eigenvalue weighted by molar-refractivity contribution is 5.68. The van der Waals surface area contributed by atoms with E-state index in [1.54, 1.807) is 0 Å². The Kier molecular flexibility index (Phi) is 30.0. The number of ether oxygens (including phenoxy) is 4. The van der Waals surface area contributed by atoms with Crippen molar-refractivity contribution in [3.63, 3.8) is 0 Å². The molecular weight excluding hydrogens is 647 g/mol. The number of hydrogen-bond acceptors (Lipinski definition) is 8. The first kappa shape index (κ1) is 47.0. The molecule has 50 heavy (non-hydrogen) atoms. The first-order valence-corrected chi connectivity index (χ1v) is 19.3. The predicted octanol–water partition coefficient (Wildman–Crippen LogP) is 8.91. The number of unbranched alkanes of at least 4 members (excludes halogenated alkanes) is 11. The molecule has 0 heterocycles. The minimum Gasteiger partial charge on any atom is -0.450 e. The Morgan fingerprint density at radius 3 is 1.48 bits per heavy atom. The Balaban J connectivity index is 3.72. The third kappa shape index (κ3) is 32.2. The minimum atomic E-state index is -1.59. The van der Waals surface area contributed by atoms with Crippen LogP contribution in [0.15, 0.2) is 0 Å². The third-order valence-electron chi connectivity index (χ3n) is 8.17.